The summed E-state index contributed by atoms with van der Waals surface area (Å²) in [6.45, 7) is 0. The highest BCUT2D eigenvalue weighted by Gasteiger charge is 2.27. The topological polar surface area (TPSA) is 165 Å². The van der Waals surface area contributed by atoms with Gasteiger partial charge < -0.3 is 8.83 Å². The fourth-order valence-corrected chi connectivity index (χ4v) is 20.6. The number of para-hydroxylation sites is 3. The third kappa shape index (κ3) is 11.7. The van der Waals surface area contributed by atoms with Crippen LogP contribution in [0.25, 0.3) is 264 Å². The number of aromatic nitrogens is 12. The Morgan fingerprint density at radius 3 is 1.10 bits per heavy atom. The number of hydrogen-bond donors (Lipinski definition) is 0. The van der Waals surface area contributed by atoms with Crippen molar-refractivity contribution in [2.24, 2.45) is 0 Å². The molecular formula is C110H62N12O2S2. The molecule has 16 heteroatoms. The van der Waals surface area contributed by atoms with E-state index in [-0.39, 0.29) is 0 Å². The monoisotopic (exact) mass is 1650 g/mol. The van der Waals surface area contributed by atoms with Crippen molar-refractivity contribution < 1.29 is 8.83 Å². The molecule has 0 radical (unpaired) electrons. The predicted molar refractivity (Wildman–Crippen MR) is 513 cm³/mol. The first-order valence-corrected chi connectivity index (χ1v) is 43.4. The van der Waals surface area contributed by atoms with E-state index < -0.39 is 0 Å². The van der Waals surface area contributed by atoms with Crippen LogP contribution in [-0.4, -0.2) is 59.0 Å². The lowest BCUT2D eigenvalue weighted by atomic mass is 10.0. The molecule has 126 heavy (non-hydrogen) atoms. The Kier molecular flexibility index (Phi) is 16.1. The van der Waals surface area contributed by atoms with Gasteiger partial charge in [-0.25, -0.2) is 29.9 Å². The number of nitrogens with zero attached hydrogens (tertiary/aromatic N) is 12. The summed E-state index contributed by atoms with van der Waals surface area (Å²) in [4.78, 5) is 53.7. The van der Waals surface area contributed by atoms with Crippen molar-refractivity contribution in [1.29, 1.82) is 0 Å². The SMILES string of the molecule is c1ccc(-c2ccc3c(c2)c2ccccc2n3-c2nc(-c3ccccc3)nc(-c3ccc4oc5cc(-c6nc(-c7ccc(-c8ccc(-c9nc(-c%10ccc%11oc%12c(-c%13nc(-c%14ccccc%14)c%14sc%15ccccc%15c%14n%13)cccc%12c%11c%10)nc(-n%10c%11ccccc%11c%11cc(-c%12ccccc%12)ccc%11%10)n9)cc8)cc7)c7sc8ccccc8c7n6)ccc5c4c3)n2)cc1. The molecule has 0 saturated carbocycles. The van der Waals surface area contributed by atoms with Crippen molar-refractivity contribution in [2.75, 3.05) is 0 Å². The summed E-state index contributed by atoms with van der Waals surface area (Å²) < 4.78 is 22.4. The van der Waals surface area contributed by atoms with Gasteiger partial charge in [-0.05, 0) is 137 Å². The first kappa shape index (κ1) is 71.1. The molecule has 0 saturated heterocycles. The summed E-state index contributed by atoms with van der Waals surface area (Å²) in [5.74, 6) is 4.32. The molecule has 0 amide bonds. The van der Waals surface area contributed by atoms with Crippen molar-refractivity contribution in [3.63, 3.8) is 0 Å². The molecule has 0 N–H and O–H groups in total. The van der Waals surface area contributed by atoms with Gasteiger partial charge in [-0.15, -0.1) is 22.7 Å². The first-order chi connectivity index (χ1) is 62.4. The molecule has 10 aromatic heterocycles. The first-order valence-electron chi connectivity index (χ1n) is 41.7. The molecule has 16 aromatic carbocycles. The molecule has 26 aromatic rings. The van der Waals surface area contributed by atoms with Gasteiger partial charge in [-0.3, -0.25) is 9.13 Å². The zero-order valence-electron chi connectivity index (χ0n) is 66.8. The Labute approximate surface area is 725 Å². The van der Waals surface area contributed by atoms with Gasteiger partial charge in [-0.1, -0.05) is 273 Å². The van der Waals surface area contributed by atoms with Gasteiger partial charge in [0, 0.05) is 102 Å². The molecule has 586 valence electrons. The van der Waals surface area contributed by atoms with Crippen LogP contribution in [0.4, 0.5) is 0 Å². The highest BCUT2D eigenvalue weighted by molar-refractivity contribution is 7.26. The fraction of sp³-hybridized carbons (Fsp3) is 0. The molecule has 0 aliphatic heterocycles. The second-order valence-electron chi connectivity index (χ2n) is 31.7. The van der Waals surface area contributed by atoms with E-state index in [9.17, 15) is 0 Å². The Bertz CT molecular complexity index is 8970. The molecule has 26 rings (SSSR count). The maximum Gasteiger partial charge on any atom is 0.238 e. The minimum atomic E-state index is 0.487. The van der Waals surface area contributed by atoms with Gasteiger partial charge in [0.15, 0.2) is 34.9 Å². The Morgan fingerprint density at radius 2 is 0.556 bits per heavy atom. The van der Waals surface area contributed by atoms with Crippen molar-refractivity contribution >= 4 is 151 Å². The molecule has 0 aliphatic rings. The van der Waals surface area contributed by atoms with Crippen LogP contribution in [0, 0.1) is 0 Å². The number of rotatable bonds is 13. The smallest absolute Gasteiger partial charge is 0.238 e. The molecule has 0 unspecified atom stereocenters. The Balaban J connectivity index is 0.549. The highest BCUT2D eigenvalue weighted by Crippen LogP contribution is 2.47. The standard InChI is InChI=1S/C110H62N12O2S2/c1-5-22-63(23-6-1)71-49-54-89-83(58-71)76-30-13-17-36-87(76)121(89)109-117-103(69-28-11-4-12-29-69)115-106(119-109)73-51-56-91-85(60-73)78-53-48-75(62-93(78)123-91)105-111-97(102-98(113-105)80-32-15-19-38-94(80)126-102)68-44-40-65(41-45-68)66-42-46-70(47-43-66)104-116-107(120-110(118-104)122-88-37-18-14-31-77(88)84-59-72(50-55-90(84)122)64-24-7-2-8-25-64)74-52-57-92-86(61-74)79-34-21-35-82(100(79)124-92)108-112-96(67-26-9-3-10-27-67)101-99(114-108)81-33-16-20-39-95(81)125-101/h1-62H. The van der Waals surface area contributed by atoms with Gasteiger partial charge >= 0.3 is 0 Å². The number of fused-ring (bicyclic) bond motifs is 18. The molecule has 14 nitrogen and oxygen atoms in total. The predicted octanol–water partition coefficient (Wildman–Crippen LogP) is 28.7. The van der Waals surface area contributed by atoms with Gasteiger partial charge in [0.05, 0.1) is 59.5 Å². The number of benzene rings is 16. The maximum atomic E-state index is 6.92. The normalized spacial score (nSPS) is 12.0. The van der Waals surface area contributed by atoms with E-state index in [1.165, 1.54) is 0 Å². The fourth-order valence-electron chi connectivity index (χ4n) is 18.3. The summed E-state index contributed by atoms with van der Waals surface area (Å²) in [6, 6.07) is 131. The van der Waals surface area contributed by atoms with Crippen molar-refractivity contribution in [3.05, 3.63) is 376 Å². The second kappa shape index (κ2) is 28.5. The number of furan rings is 2. The molecule has 0 spiro atoms. The molecule has 0 bridgehead atoms. The van der Waals surface area contributed by atoms with E-state index in [1.807, 2.05) is 66.7 Å². The van der Waals surface area contributed by atoms with E-state index >= 15 is 0 Å². The van der Waals surface area contributed by atoms with Crippen LogP contribution in [0.2, 0.25) is 0 Å². The van der Waals surface area contributed by atoms with Crippen LogP contribution in [-0.2, 0) is 0 Å². The van der Waals surface area contributed by atoms with Gasteiger partial charge in [0.2, 0.25) is 11.9 Å². The lowest BCUT2D eigenvalue weighted by Gasteiger charge is -2.12. The Morgan fingerprint density at radius 1 is 0.198 bits per heavy atom. The van der Waals surface area contributed by atoms with Gasteiger partial charge in [0.25, 0.3) is 0 Å². The minimum absolute atomic E-state index is 0.487. The molecule has 0 aliphatic carbocycles. The van der Waals surface area contributed by atoms with E-state index in [0.717, 1.165) is 201 Å². The largest absolute Gasteiger partial charge is 0.456 e. The van der Waals surface area contributed by atoms with Crippen molar-refractivity contribution in [1.82, 2.24) is 59.0 Å². The summed E-state index contributed by atoms with van der Waals surface area (Å²) in [6.07, 6.45) is 0. The van der Waals surface area contributed by atoms with Gasteiger partial charge in [-0.2, -0.15) is 19.9 Å². The zero-order valence-corrected chi connectivity index (χ0v) is 68.4. The lowest BCUT2D eigenvalue weighted by molar-refractivity contribution is 0.669. The minimum Gasteiger partial charge on any atom is -0.456 e. The summed E-state index contributed by atoms with van der Waals surface area (Å²) >= 11 is 3.43. The van der Waals surface area contributed by atoms with E-state index in [4.69, 9.17) is 58.7 Å². The third-order valence-corrected chi connectivity index (χ3v) is 26.7. The lowest BCUT2D eigenvalue weighted by Crippen LogP contribution is -2.06. The molecule has 0 fully saturated rings. The van der Waals surface area contributed by atoms with Crippen molar-refractivity contribution in [3.8, 4) is 136 Å². The van der Waals surface area contributed by atoms with Crippen LogP contribution in [0.3, 0.4) is 0 Å². The molecule has 10 heterocycles. The molecular weight excluding hydrogens is 1590 g/mol. The summed E-state index contributed by atoms with van der Waals surface area (Å²) in [5, 5.41) is 10.3. The quantitative estimate of drug-likeness (QED) is 0.107. The average molecular weight is 1650 g/mol. The average Bonchev–Trinajstić information content (AvgIpc) is 1.59. The highest BCUT2D eigenvalue weighted by atomic mass is 32.1. The summed E-state index contributed by atoms with van der Waals surface area (Å²) in [5.41, 5.74) is 23.9. The zero-order chi connectivity index (χ0) is 82.6. The third-order valence-electron chi connectivity index (χ3n) is 24.3. The van der Waals surface area contributed by atoms with Gasteiger partial charge in [0.1, 0.15) is 22.3 Å². The van der Waals surface area contributed by atoms with Crippen molar-refractivity contribution in [2.45, 2.75) is 0 Å². The van der Waals surface area contributed by atoms with Crippen LogP contribution >= 0.6 is 22.7 Å². The van der Waals surface area contributed by atoms with E-state index in [1.54, 1.807) is 22.7 Å². The second-order valence-corrected chi connectivity index (χ2v) is 33.8. The number of hydrogen-bond acceptors (Lipinski definition) is 14. The molecule has 0 atom stereocenters. The van der Waals surface area contributed by atoms with E-state index in [0.29, 0.717) is 63.6 Å². The van der Waals surface area contributed by atoms with Crippen LogP contribution in [0.15, 0.2) is 385 Å². The van der Waals surface area contributed by atoms with Crippen LogP contribution in [0.1, 0.15) is 0 Å². The van der Waals surface area contributed by atoms with E-state index in [2.05, 4.69) is 319 Å². The summed E-state index contributed by atoms with van der Waals surface area (Å²) in [7, 11) is 0. The maximum absolute atomic E-state index is 6.92. The van der Waals surface area contributed by atoms with Crippen LogP contribution in [0.5, 0.6) is 0 Å². The van der Waals surface area contributed by atoms with Crippen LogP contribution < -0.4 is 0 Å². The number of thiophene rings is 2. The Hall–Kier alpha value is -16.7.